The van der Waals surface area contributed by atoms with E-state index in [4.69, 9.17) is 37.4 Å². The Kier molecular flexibility index (Phi) is 15.6. The van der Waals surface area contributed by atoms with Gasteiger partial charge < -0.3 is 24.6 Å². The van der Waals surface area contributed by atoms with Crippen LogP contribution in [0, 0.1) is 5.92 Å². The van der Waals surface area contributed by atoms with Crippen molar-refractivity contribution in [2.24, 2.45) is 5.92 Å². The lowest BCUT2D eigenvalue weighted by Gasteiger charge is -2.31. The molecule has 240 valence electrons. The second kappa shape index (κ2) is 17.8. The average molecular weight is 704 g/mol. The number of carbonyl (C=O) groups is 2. The van der Waals surface area contributed by atoms with Crippen LogP contribution in [0.5, 0.6) is 0 Å². The molecule has 0 radical (unpaired) electrons. The molecule has 1 aliphatic rings. The van der Waals surface area contributed by atoms with Crippen molar-refractivity contribution in [2.45, 2.75) is 89.0 Å². The van der Waals surface area contributed by atoms with E-state index in [1.54, 1.807) is 0 Å². The Morgan fingerprint density at radius 2 is 1.51 bits per heavy atom. The van der Waals surface area contributed by atoms with Gasteiger partial charge in [0.1, 0.15) is 5.78 Å². The second-order valence-corrected chi connectivity index (χ2v) is 14.7. The third kappa shape index (κ3) is 15.9. The molecular weight excluding hydrogens is 657 g/mol. The number of alkyl halides is 1. The Labute approximate surface area is 275 Å². The number of ketones is 1. The predicted octanol–water partition coefficient (Wildman–Crippen LogP) is 6.61. The van der Waals surface area contributed by atoms with Gasteiger partial charge in [-0.15, -0.1) is 0 Å². The van der Waals surface area contributed by atoms with Crippen molar-refractivity contribution in [3.05, 3.63) is 69.7 Å². The second-order valence-electron chi connectivity index (χ2n) is 12.7. The van der Waals surface area contributed by atoms with Gasteiger partial charge in [-0.1, -0.05) is 63.4 Å². The van der Waals surface area contributed by atoms with Crippen LogP contribution in [0.2, 0.25) is 10.0 Å². The number of carbonyl (C=O) groups excluding carboxylic acids is 2. The molecule has 3 rings (SSSR count). The third-order valence-electron chi connectivity index (χ3n) is 6.40. The van der Waals surface area contributed by atoms with Crippen molar-refractivity contribution < 1.29 is 28.9 Å². The van der Waals surface area contributed by atoms with Gasteiger partial charge in [0.05, 0.1) is 41.9 Å². The molecule has 0 aliphatic carbocycles. The fourth-order valence-corrected chi connectivity index (χ4v) is 4.66. The Hall–Kier alpha value is -1.52. The molecule has 4 atom stereocenters. The molecule has 1 aliphatic heterocycles. The van der Waals surface area contributed by atoms with E-state index in [1.807, 2.05) is 90.1 Å². The first kappa shape index (κ1) is 37.7. The van der Waals surface area contributed by atoms with Crippen LogP contribution >= 0.6 is 39.1 Å². The lowest BCUT2D eigenvalue weighted by Crippen LogP contribution is -2.53. The Bertz CT molecular complexity index is 1130. The number of hydrogen-bond donors (Lipinski definition) is 2. The molecule has 2 aromatic carbocycles. The van der Waals surface area contributed by atoms with Crippen LogP contribution in [-0.2, 0) is 36.6 Å². The molecule has 43 heavy (non-hydrogen) atoms. The molecule has 1 fully saturated rings. The Morgan fingerprint density at radius 3 is 2.00 bits per heavy atom. The Morgan fingerprint density at radius 1 is 0.977 bits per heavy atom. The summed E-state index contributed by atoms with van der Waals surface area (Å²) in [5, 5.41) is 13.9. The van der Waals surface area contributed by atoms with E-state index in [9.17, 15) is 14.7 Å². The van der Waals surface area contributed by atoms with Crippen molar-refractivity contribution in [2.75, 3.05) is 26.4 Å². The van der Waals surface area contributed by atoms with Gasteiger partial charge in [0.2, 0.25) is 0 Å². The third-order valence-corrected chi connectivity index (χ3v) is 7.68. The number of Topliss-reactive ketones (excluding diaryl/α,β-unsaturated/α-hetero) is 1. The molecule has 7 nitrogen and oxygen atoms in total. The smallest absolute Gasteiger partial charge is 0.251 e. The molecule has 10 heteroatoms. The largest absolute Gasteiger partial charge is 0.396 e. The van der Waals surface area contributed by atoms with Gasteiger partial charge in [-0.2, -0.15) is 0 Å². The highest BCUT2D eigenvalue weighted by Crippen LogP contribution is 2.19. The molecule has 1 saturated heterocycles. The van der Waals surface area contributed by atoms with E-state index >= 15 is 0 Å². The van der Waals surface area contributed by atoms with Crippen LogP contribution in [0.15, 0.2) is 48.5 Å². The van der Waals surface area contributed by atoms with E-state index in [1.165, 1.54) is 0 Å². The molecule has 2 N–H and O–H groups in total. The minimum atomic E-state index is -0.523. The minimum Gasteiger partial charge on any atom is -0.396 e. The van der Waals surface area contributed by atoms with Crippen LogP contribution in [0.25, 0.3) is 0 Å². The number of ether oxygens (including phenoxy) is 3. The quantitative estimate of drug-likeness (QED) is 0.242. The highest BCUT2D eigenvalue weighted by atomic mass is 79.9. The summed E-state index contributed by atoms with van der Waals surface area (Å²) >= 11 is 15.1. The standard InChI is InChI=1S/C17H24BrClO3.C16H22ClNO3/c1-17(2,3)22-11-15(18)16(21)9-13(10-20)8-12-4-6-14(19)7-5-12;1-16(2,3)21-10-14-15(19)18-13(9-20-14)8-11-4-6-12(17)7-5-11/h4-7,13,15,20H,8-11H2,1-3H3;4-7,13-14H,8-10H2,1-3H3,(H,18,19)/t13?,15-;13-,14-/m10/s1. The number of hydrogen-bond acceptors (Lipinski definition) is 6. The van der Waals surface area contributed by atoms with E-state index in [2.05, 4.69) is 21.2 Å². The molecule has 2 aromatic rings. The Balaban J connectivity index is 0.000000300. The summed E-state index contributed by atoms with van der Waals surface area (Å²) in [6.45, 7) is 12.8. The minimum absolute atomic E-state index is 0.00966. The van der Waals surface area contributed by atoms with Crippen LogP contribution in [-0.4, -0.2) is 71.4 Å². The first-order valence-corrected chi connectivity index (χ1v) is 16.2. The lowest BCUT2D eigenvalue weighted by atomic mass is 9.94. The summed E-state index contributed by atoms with van der Waals surface area (Å²) in [5.74, 6) is -0.148. The van der Waals surface area contributed by atoms with Crippen LogP contribution in [0.1, 0.15) is 59.1 Å². The zero-order chi connectivity index (χ0) is 32.2. The molecule has 0 bridgehead atoms. The molecule has 0 spiro atoms. The van der Waals surface area contributed by atoms with E-state index in [0.717, 1.165) is 17.5 Å². The molecule has 1 unspecified atom stereocenters. The summed E-state index contributed by atoms with van der Waals surface area (Å²) in [6, 6.07) is 15.1. The van der Waals surface area contributed by atoms with Crippen molar-refractivity contribution in [1.82, 2.24) is 5.32 Å². The summed E-state index contributed by atoms with van der Waals surface area (Å²) in [6.07, 6.45) is 1.18. The summed E-state index contributed by atoms with van der Waals surface area (Å²) < 4.78 is 16.9. The SMILES string of the molecule is CC(C)(C)OC[C@@H](Br)C(=O)CC(CO)Cc1ccc(Cl)cc1.CC(C)(C)OC[C@@H]1OC[C@H](Cc2ccc(Cl)cc2)NC1=O. The van der Waals surface area contributed by atoms with Gasteiger partial charge in [0, 0.05) is 23.1 Å². The van der Waals surface area contributed by atoms with Gasteiger partial charge in [0.25, 0.3) is 5.91 Å². The molecule has 0 saturated carbocycles. The molecule has 0 aromatic heterocycles. The first-order valence-electron chi connectivity index (χ1n) is 14.5. The topological polar surface area (TPSA) is 94.1 Å². The van der Waals surface area contributed by atoms with E-state index < -0.39 is 6.10 Å². The number of benzene rings is 2. The summed E-state index contributed by atoms with van der Waals surface area (Å²) in [4.78, 5) is 23.9. The zero-order valence-corrected chi connectivity index (χ0v) is 29.1. The first-order chi connectivity index (χ1) is 20.0. The van der Waals surface area contributed by atoms with E-state index in [-0.39, 0.29) is 52.9 Å². The van der Waals surface area contributed by atoms with Crippen molar-refractivity contribution in [3.8, 4) is 0 Å². The summed E-state index contributed by atoms with van der Waals surface area (Å²) in [7, 11) is 0. The number of nitrogens with one attached hydrogen (secondary N) is 1. The van der Waals surface area contributed by atoms with Gasteiger partial charge in [-0.3, -0.25) is 9.59 Å². The molecular formula is C33H46BrCl2NO6. The summed E-state index contributed by atoms with van der Waals surface area (Å²) in [5.41, 5.74) is 1.64. The number of aliphatic hydroxyl groups is 1. The van der Waals surface area contributed by atoms with Crippen LogP contribution in [0.4, 0.5) is 0 Å². The molecule has 1 amide bonds. The maximum atomic E-state index is 12.2. The maximum absolute atomic E-state index is 12.2. The zero-order valence-electron chi connectivity index (χ0n) is 26.0. The maximum Gasteiger partial charge on any atom is 0.251 e. The van der Waals surface area contributed by atoms with Crippen molar-refractivity contribution in [1.29, 1.82) is 0 Å². The highest BCUT2D eigenvalue weighted by Gasteiger charge is 2.30. The normalized spacial score (nSPS) is 18.7. The number of halogens is 3. The van der Waals surface area contributed by atoms with Gasteiger partial charge >= 0.3 is 0 Å². The van der Waals surface area contributed by atoms with Crippen molar-refractivity contribution >= 4 is 50.8 Å². The van der Waals surface area contributed by atoms with Gasteiger partial charge in [-0.05, 0) is 95.7 Å². The number of aliphatic hydroxyl groups excluding tert-OH is 1. The highest BCUT2D eigenvalue weighted by molar-refractivity contribution is 9.10. The predicted molar refractivity (Wildman–Crippen MR) is 176 cm³/mol. The van der Waals surface area contributed by atoms with Crippen LogP contribution in [0.3, 0.4) is 0 Å². The molecule has 1 heterocycles. The monoisotopic (exact) mass is 701 g/mol. The number of rotatable bonds is 12. The van der Waals surface area contributed by atoms with Gasteiger partial charge in [0.15, 0.2) is 6.10 Å². The van der Waals surface area contributed by atoms with E-state index in [0.29, 0.717) is 36.1 Å². The fourth-order valence-electron chi connectivity index (χ4n) is 4.09. The van der Waals surface area contributed by atoms with Gasteiger partial charge in [-0.25, -0.2) is 0 Å². The number of amides is 1. The van der Waals surface area contributed by atoms with Crippen LogP contribution < -0.4 is 5.32 Å². The van der Waals surface area contributed by atoms with Crippen molar-refractivity contribution in [3.63, 3.8) is 0 Å². The average Bonchev–Trinajstić information content (AvgIpc) is 2.92. The lowest BCUT2D eigenvalue weighted by molar-refractivity contribution is -0.150. The fraction of sp³-hybridized carbons (Fsp3) is 0.576. The number of morpholine rings is 1.